The molecule has 0 amide bonds. The third-order valence-electron chi connectivity index (χ3n) is 2.12. The average Bonchev–Trinajstić information content (AvgIpc) is 2.35. The first kappa shape index (κ1) is 14.0. The van der Waals surface area contributed by atoms with Crippen molar-refractivity contribution in [1.29, 1.82) is 0 Å². The Morgan fingerprint density at radius 3 is 2.58 bits per heavy atom. The number of halogens is 2. The molecule has 2 aromatic rings. The molecule has 0 aliphatic heterocycles. The van der Waals surface area contributed by atoms with Gasteiger partial charge in [0.2, 0.25) is 0 Å². The average molecular weight is 364 g/mol. The predicted molar refractivity (Wildman–Crippen MR) is 76.4 cm³/mol. The molecular weight excluding hydrogens is 356 g/mol. The Labute approximate surface area is 123 Å². The van der Waals surface area contributed by atoms with Crippen molar-refractivity contribution in [2.24, 2.45) is 0 Å². The summed E-state index contributed by atoms with van der Waals surface area (Å²) in [6.45, 7) is 0. The molecule has 0 saturated carbocycles. The molecule has 100 valence electrons. The van der Waals surface area contributed by atoms with Crippen LogP contribution in [-0.2, 0) is 10.0 Å². The molecule has 0 aliphatic rings. The SMILES string of the molecule is Nc1ccc(Br)c(S(=O)(=O)Nc2ccc(Cl)nn2)c1. The Kier molecular flexibility index (Phi) is 3.93. The normalized spacial score (nSPS) is 11.3. The minimum absolute atomic E-state index is 0.0178. The van der Waals surface area contributed by atoms with Gasteiger partial charge < -0.3 is 5.73 Å². The number of nitrogen functional groups attached to an aromatic ring is 1. The van der Waals surface area contributed by atoms with Gasteiger partial charge in [-0.2, -0.15) is 0 Å². The summed E-state index contributed by atoms with van der Waals surface area (Å²) < 4.78 is 27.0. The molecule has 1 aromatic carbocycles. The highest BCUT2D eigenvalue weighted by Gasteiger charge is 2.18. The molecule has 1 heterocycles. The van der Waals surface area contributed by atoms with Gasteiger partial charge in [-0.05, 0) is 46.3 Å². The van der Waals surface area contributed by atoms with Crippen LogP contribution in [0, 0.1) is 0 Å². The molecule has 0 atom stereocenters. The maximum atomic E-state index is 12.2. The van der Waals surface area contributed by atoms with Crippen LogP contribution in [0.4, 0.5) is 11.5 Å². The van der Waals surface area contributed by atoms with Gasteiger partial charge in [-0.1, -0.05) is 11.6 Å². The summed E-state index contributed by atoms with van der Waals surface area (Å²) in [4.78, 5) is 0.0178. The molecule has 0 aliphatic carbocycles. The highest BCUT2D eigenvalue weighted by atomic mass is 79.9. The zero-order valence-electron chi connectivity index (χ0n) is 9.34. The summed E-state index contributed by atoms with van der Waals surface area (Å²) in [5.74, 6) is 0.0683. The van der Waals surface area contributed by atoms with E-state index in [1.807, 2.05) is 0 Å². The number of nitrogens with two attached hydrogens (primary N) is 1. The minimum atomic E-state index is -3.80. The van der Waals surface area contributed by atoms with Crippen LogP contribution in [0.2, 0.25) is 5.15 Å². The molecule has 19 heavy (non-hydrogen) atoms. The number of hydrogen-bond donors (Lipinski definition) is 2. The Balaban J connectivity index is 2.37. The first-order valence-electron chi connectivity index (χ1n) is 4.95. The van der Waals surface area contributed by atoms with Crippen LogP contribution < -0.4 is 10.5 Å². The maximum absolute atomic E-state index is 12.2. The molecule has 3 N–H and O–H groups in total. The molecule has 6 nitrogen and oxygen atoms in total. The van der Waals surface area contributed by atoms with Crippen LogP contribution in [-0.4, -0.2) is 18.6 Å². The molecule has 0 spiro atoms. The van der Waals surface area contributed by atoms with Crippen LogP contribution in [0.25, 0.3) is 0 Å². The predicted octanol–water partition coefficient (Wildman–Crippen LogP) is 2.28. The van der Waals surface area contributed by atoms with Crippen molar-refractivity contribution in [3.05, 3.63) is 40.0 Å². The number of nitrogens with zero attached hydrogens (tertiary/aromatic N) is 2. The lowest BCUT2D eigenvalue weighted by Gasteiger charge is -2.09. The number of anilines is 2. The van der Waals surface area contributed by atoms with Crippen molar-refractivity contribution < 1.29 is 8.42 Å². The van der Waals surface area contributed by atoms with E-state index in [1.165, 1.54) is 18.2 Å². The van der Waals surface area contributed by atoms with E-state index < -0.39 is 10.0 Å². The van der Waals surface area contributed by atoms with E-state index in [1.54, 1.807) is 12.1 Å². The molecule has 1 aromatic heterocycles. The quantitative estimate of drug-likeness (QED) is 0.815. The van der Waals surface area contributed by atoms with Gasteiger partial charge in [0, 0.05) is 10.2 Å². The number of nitrogens with one attached hydrogen (secondary N) is 1. The lowest BCUT2D eigenvalue weighted by atomic mass is 10.3. The third kappa shape index (κ3) is 3.34. The van der Waals surface area contributed by atoms with E-state index in [0.29, 0.717) is 10.2 Å². The van der Waals surface area contributed by atoms with Gasteiger partial charge >= 0.3 is 0 Å². The van der Waals surface area contributed by atoms with Crippen molar-refractivity contribution in [3.8, 4) is 0 Å². The molecule has 0 fully saturated rings. The standard InChI is InChI=1S/C10H8BrClN4O2S/c11-7-2-1-6(13)5-8(7)19(17,18)16-10-4-3-9(12)14-15-10/h1-5H,13H2,(H,15,16). The summed E-state index contributed by atoms with van der Waals surface area (Å²) in [5.41, 5.74) is 5.92. The third-order valence-corrected chi connectivity index (χ3v) is 4.67. The van der Waals surface area contributed by atoms with Crippen LogP contribution in [0.1, 0.15) is 0 Å². The summed E-state index contributed by atoms with van der Waals surface area (Å²) in [6, 6.07) is 7.33. The van der Waals surface area contributed by atoms with E-state index in [4.69, 9.17) is 17.3 Å². The molecule has 0 unspecified atom stereocenters. The minimum Gasteiger partial charge on any atom is -0.399 e. The number of sulfonamides is 1. The van der Waals surface area contributed by atoms with Gasteiger partial charge in [-0.25, -0.2) is 8.42 Å². The monoisotopic (exact) mass is 362 g/mol. The Morgan fingerprint density at radius 2 is 1.95 bits per heavy atom. The van der Waals surface area contributed by atoms with Gasteiger partial charge in [-0.3, -0.25) is 4.72 Å². The van der Waals surface area contributed by atoms with Gasteiger partial charge in [0.25, 0.3) is 10.0 Å². The molecule has 0 radical (unpaired) electrons. The fourth-order valence-electron chi connectivity index (χ4n) is 1.29. The van der Waals surface area contributed by atoms with Gasteiger partial charge in [0.1, 0.15) is 4.90 Å². The number of aromatic nitrogens is 2. The first-order chi connectivity index (χ1) is 8.88. The van der Waals surface area contributed by atoms with Gasteiger partial charge in [0.15, 0.2) is 11.0 Å². The van der Waals surface area contributed by atoms with Crippen LogP contribution in [0.15, 0.2) is 39.7 Å². The summed E-state index contributed by atoms with van der Waals surface area (Å²) in [5, 5.41) is 7.35. The zero-order valence-corrected chi connectivity index (χ0v) is 12.5. The highest BCUT2D eigenvalue weighted by molar-refractivity contribution is 9.10. The summed E-state index contributed by atoms with van der Waals surface area (Å²) in [7, 11) is -3.80. The van der Waals surface area contributed by atoms with Crippen LogP contribution >= 0.6 is 27.5 Å². The largest absolute Gasteiger partial charge is 0.399 e. The number of rotatable bonds is 3. The second-order valence-corrected chi connectivity index (χ2v) is 6.43. The lowest BCUT2D eigenvalue weighted by Crippen LogP contribution is -2.15. The molecule has 9 heteroatoms. The summed E-state index contributed by atoms with van der Waals surface area (Å²) in [6.07, 6.45) is 0. The fourth-order valence-corrected chi connectivity index (χ4v) is 3.39. The van der Waals surface area contributed by atoms with Gasteiger partial charge in [0.05, 0.1) is 0 Å². The van der Waals surface area contributed by atoms with Gasteiger partial charge in [-0.15, -0.1) is 10.2 Å². The molecule has 0 bridgehead atoms. The lowest BCUT2D eigenvalue weighted by molar-refractivity contribution is 0.600. The Hall–Kier alpha value is -1.38. The van der Waals surface area contributed by atoms with E-state index in [2.05, 4.69) is 30.8 Å². The number of benzene rings is 1. The van der Waals surface area contributed by atoms with E-state index in [9.17, 15) is 8.42 Å². The second-order valence-electron chi connectivity index (χ2n) is 3.54. The van der Waals surface area contributed by atoms with E-state index in [0.717, 1.165) is 0 Å². The maximum Gasteiger partial charge on any atom is 0.264 e. The Bertz CT molecular complexity index is 706. The topological polar surface area (TPSA) is 98.0 Å². The smallest absolute Gasteiger partial charge is 0.264 e. The van der Waals surface area contributed by atoms with E-state index >= 15 is 0 Å². The van der Waals surface area contributed by atoms with Crippen molar-refractivity contribution in [3.63, 3.8) is 0 Å². The van der Waals surface area contributed by atoms with E-state index in [-0.39, 0.29) is 15.9 Å². The molecule has 2 rings (SSSR count). The van der Waals surface area contributed by atoms with Crippen molar-refractivity contribution in [2.75, 3.05) is 10.5 Å². The molecule has 0 saturated heterocycles. The zero-order chi connectivity index (χ0) is 14.0. The Morgan fingerprint density at radius 1 is 1.21 bits per heavy atom. The number of hydrogen-bond acceptors (Lipinski definition) is 5. The van der Waals surface area contributed by atoms with Crippen molar-refractivity contribution in [2.45, 2.75) is 4.90 Å². The van der Waals surface area contributed by atoms with Crippen molar-refractivity contribution in [1.82, 2.24) is 10.2 Å². The van der Waals surface area contributed by atoms with Crippen molar-refractivity contribution >= 4 is 49.1 Å². The first-order valence-corrected chi connectivity index (χ1v) is 7.61. The highest BCUT2D eigenvalue weighted by Crippen LogP contribution is 2.25. The fraction of sp³-hybridized carbons (Fsp3) is 0. The van der Waals surface area contributed by atoms with Crippen LogP contribution in [0.3, 0.4) is 0 Å². The van der Waals surface area contributed by atoms with Crippen LogP contribution in [0.5, 0.6) is 0 Å². The second kappa shape index (κ2) is 5.32. The molecular formula is C10H8BrClN4O2S. The summed E-state index contributed by atoms with van der Waals surface area (Å²) >= 11 is 8.73.